The van der Waals surface area contributed by atoms with Crippen molar-refractivity contribution in [1.29, 1.82) is 0 Å². The Morgan fingerprint density at radius 2 is 1.84 bits per heavy atom. The summed E-state index contributed by atoms with van der Waals surface area (Å²) in [6.07, 6.45) is 1.15. The summed E-state index contributed by atoms with van der Waals surface area (Å²) in [5.41, 5.74) is -0.0802. The van der Waals surface area contributed by atoms with Gasteiger partial charge in [-0.15, -0.1) is 0 Å². The van der Waals surface area contributed by atoms with Crippen molar-refractivity contribution in [3.05, 3.63) is 54.0 Å². The van der Waals surface area contributed by atoms with E-state index in [4.69, 9.17) is 4.74 Å². The molecule has 0 amide bonds. The number of hydrogen-bond acceptors (Lipinski definition) is 4. The van der Waals surface area contributed by atoms with Gasteiger partial charge in [0.1, 0.15) is 11.9 Å². The lowest BCUT2D eigenvalue weighted by Gasteiger charge is -2.08. The predicted octanol–water partition coefficient (Wildman–Crippen LogP) is 5.07. The first kappa shape index (κ1) is 14.4. The van der Waals surface area contributed by atoms with E-state index < -0.39 is 4.92 Å². The van der Waals surface area contributed by atoms with Gasteiger partial charge < -0.3 is 4.74 Å². The quantitative estimate of drug-likeness (QED) is 0.370. The van der Waals surface area contributed by atoms with E-state index >= 15 is 0 Å². The van der Waals surface area contributed by atoms with E-state index in [9.17, 15) is 10.1 Å². The fourth-order valence-electron chi connectivity index (χ4n) is 1.24. The van der Waals surface area contributed by atoms with Crippen molar-refractivity contribution in [3.63, 3.8) is 0 Å². The highest BCUT2D eigenvalue weighted by atomic mass is 79.9. The number of benzene rings is 1. The summed E-state index contributed by atoms with van der Waals surface area (Å²) in [7, 11) is 0. The predicted molar refractivity (Wildman–Crippen MR) is 80.5 cm³/mol. The van der Waals surface area contributed by atoms with Gasteiger partial charge in [-0.2, -0.15) is 0 Å². The van der Waals surface area contributed by atoms with E-state index in [-0.39, 0.29) is 11.6 Å². The van der Waals surface area contributed by atoms with Gasteiger partial charge in [0.25, 0.3) is 5.69 Å². The molecule has 8 heteroatoms. The van der Waals surface area contributed by atoms with Crippen molar-refractivity contribution < 1.29 is 9.66 Å². The topological polar surface area (TPSA) is 65.3 Å². The fraction of sp³-hybridized carbons (Fsp3) is 0. The first-order chi connectivity index (χ1) is 8.99. The molecule has 0 aliphatic carbocycles. The zero-order valence-corrected chi connectivity index (χ0v) is 13.9. The standard InChI is InChI=1S/C11H5Br3N2O3/c12-7-2-3-8(11(14)10(7)13)19-9-4-1-6(5-15-9)16(17)18/h1-5H. The molecule has 19 heavy (non-hydrogen) atoms. The van der Waals surface area contributed by atoms with Crippen LogP contribution in [0.1, 0.15) is 0 Å². The van der Waals surface area contributed by atoms with Gasteiger partial charge in [0.2, 0.25) is 5.88 Å². The van der Waals surface area contributed by atoms with Gasteiger partial charge in [-0.3, -0.25) is 10.1 Å². The molecule has 0 unspecified atom stereocenters. The number of nitrogens with zero attached hydrogens (tertiary/aromatic N) is 2. The van der Waals surface area contributed by atoms with E-state index in [1.165, 1.54) is 12.1 Å². The number of ether oxygens (including phenoxy) is 1. The van der Waals surface area contributed by atoms with Crippen molar-refractivity contribution in [2.75, 3.05) is 0 Å². The van der Waals surface area contributed by atoms with Crippen LogP contribution in [-0.2, 0) is 0 Å². The van der Waals surface area contributed by atoms with Crippen LogP contribution in [0.3, 0.4) is 0 Å². The minimum Gasteiger partial charge on any atom is -0.438 e. The van der Waals surface area contributed by atoms with Gasteiger partial charge in [0.15, 0.2) is 0 Å². The molecule has 2 rings (SSSR count). The highest BCUT2D eigenvalue weighted by molar-refractivity contribution is 9.14. The minimum absolute atomic E-state index is 0.0802. The van der Waals surface area contributed by atoms with Gasteiger partial charge in [-0.25, -0.2) is 4.98 Å². The molecule has 0 aliphatic heterocycles. The Hall–Kier alpha value is -0.990. The van der Waals surface area contributed by atoms with Crippen LogP contribution in [0.15, 0.2) is 43.9 Å². The van der Waals surface area contributed by atoms with Crippen LogP contribution in [0.5, 0.6) is 11.6 Å². The van der Waals surface area contributed by atoms with Crippen LogP contribution >= 0.6 is 47.8 Å². The maximum absolute atomic E-state index is 10.5. The summed E-state index contributed by atoms with van der Waals surface area (Å²) in [4.78, 5) is 13.9. The molecule has 1 aromatic carbocycles. The second kappa shape index (κ2) is 5.98. The van der Waals surface area contributed by atoms with Crippen LogP contribution in [0, 0.1) is 10.1 Å². The number of rotatable bonds is 3. The molecule has 5 nitrogen and oxygen atoms in total. The van der Waals surface area contributed by atoms with E-state index in [1.54, 1.807) is 6.07 Å². The molecule has 0 aliphatic rings. The first-order valence-electron chi connectivity index (χ1n) is 4.91. The Bertz CT molecular complexity index is 632. The third kappa shape index (κ3) is 3.31. The van der Waals surface area contributed by atoms with E-state index in [0.29, 0.717) is 5.75 Å². The van der Waals surface area contributed by atoms with Crippen LogP contribution in [0.25, 0.3) is 0 Å². The number of aromatic nitrogens is 1. The van der Waals surface area contributed by atoms with E-state index in [1.807, 2.05) is 6.07 Å². The third-order valence-electron chi connectivity index (χ3n) is 2.15. The highest BCUT2D eigenvalue weighted by Gasteiger charge is 2.11. The van der Waals surface area contributed by atoms with Crippen LogP contribution in [0.2, 0.25) is 0 Å². The van der Waals surface area contributed by atoms with E-state index in [0.717, 1.165) is 19.6 Å². The minimum atomic E-state index is -0.511. The lowest BCUT2D eigenvalue weighted by molar-refractivity contribution is -0.385. The van der Waals surface area contributed by atoms with Gasteiger partial charge in [-0.1, -0.05) is 0 Å². The second-order valence-electron chi connectivity index (χ2n) is 3.39. The van der Waals surface area contributed by atoms with Gasteiger partial charge >= 0.3 is 0 Å². The number of nitro groups is 1. The zero-order chi connectivity index (χ0) is 14.0. The largest absolute Gasteiger partial charge is 0.438 e. The molecule has 0 saturated carbocycles. The van der Waals surface area contributed by atoms with Crippen molar-refractivity contribution in [2.45, 2.75) is 0 Å². The van der Waals surface area contributed by atoms with Crippen molar-refractivity contribution in [2.24, 2.45) is 0 Å². The number of hydrogen-bond donors (Lipinski definition) is 0. The summed E-state index contributed by atoms with van der Waals surface area (Å²) in [5.74, 6) is 0.831. The van der Waals surface area contributed by atoms with E-state index in [2.05, 4.69) is 52.8 Å². The summed E-state index contributed by atoms with van der Waals surface area (Å²) >= 11 is 10.1. The Balaban J connectivity index is 2.26. The molecule has 2 aromatic rings. The Labute approximate surface area is 133 Å². The third-order valence-corrected chi connectivity index (χ3v) is 5.48. The molecule has 0 saturated heterocycles. The first-order valence-corrected chi connectivity index (χ1v) is 7.28. The molecule has 0 radical (unpaired) electrons. The van der Waals surface area contributed by atoms with Crippen molar-refractivity contribution in [3.8, 4) is 11.6 Å². The molecule has 1 aromatic heterocycles. The summed E-state index contributed by atoms with van der Waals surface area (Å²) < 4.78 is 7.96. The van der Waals surface area contributed by atoms with Gasteiger partial charge in [0.05, 0.1) is 9.40 Å². The summed E-state index contributed by atoms with van der Waals surface area (Å²) in [6, 6.07) is 6.35. The maximum Gasteiger partial charge on any atom is 0.287 e. The molecule has 0 bridgehead atoms. The van der Waals surface area contributed by atoms with Gasteiger partial charge in [0, 0.05) is 21.1 Å². The molecular formula is C11H5Br3N2O3. The van der Waals surface area contributed by atoms with Crippen LogP contribution in [-0.4, -0.2) is 9.91 Å². The molecule has 0 atom stereocenters. The molecule has 1 heterocycles. The molecule has 0 N–H and O–H groups in total. The average molecular weight is 453 g/mol. The molecule has 0 spiro atoms. The van der Waals surface area contributed by atoms with Crippen molar-refractivity contribution in [1.82, 2.24) is 4.98 Å². The van der Waals surface area contributed by atoms with Crippen LogP contribution in [0.4, 0.5) is 5.69 Å². The monoisotopic (exact) mass is 450 g/mol. The molecular weight excluding hydrogens is 448 g/mol. The van der Waals surface area contributed by atoms with Crippen molar-refractivity contribution >= 4 is 53.5 Å². The van der Waals surface area contributed by atoms with Crippen LogP contribution < -0.4 is 4.74 Å². The lowest BCUT2D eigenvalue weighted by Crippen LogP contribution is -1.92. The lowest BCUT2D eigenvalue weighted by atomic mass is 10.3. The molecule has 98 valence electrons. The summed E-state index contributed by atoms with van der Waals surface area (Å²) in [6.45, 7) is 0. The number of halogens is 3. The Kier molecular flexibility index (Phi) is 4.54. The second-order valence-corrected chi connectivity index (χ2v) is 5.83. The fourth-order valence-corrected chi connectivity index (χ4v) is 2.59. The smallest absolute Gasteiger partial charge is 0.287 e. The summed E-state index contributed by atoms with van der Waals surface area (Å²) in [5, 5.41) is 10.5. The Morgan fingerprint density at radius 3 is 2.42 bits per heavy atom. The normalized spacial score (nSPS) is 10.3. The number of pyridine rings is 1. The molecule has 0 fully saturated rings. The zero-order valence-electron chi connectivity index (χ0n) is 9.14. The average Bonchev–Trinajstić information content (AvgIpc) is 2.40. The highest BCUT2D eigenvalue weighted by Crippen LogP contribution is 2.39. The maximum atomic E-state index is 10.5. The van der Waals surface area contributed by atoms with Gasteiger partial charge in [-0.05, 0) is 59.9 Å². The Morgan fingerprint density at radius 1 is 1.11 bits per heavy atom. The SMILES string of the molecule is O=[N+]([O-])c1ccc(Oc2ccc(Br)c(Br)c2Br)nc1.